The van der Waals surface area contributed by atoms with E-state index in [-0.39, 0.29) is 24.4 Å². The summed E-state index contributed by atoms with van der Waals surface area (Å²) < 4.78 is 20.3. The number of ether oxygens (including phenoxy) is 1. The lowest BCUT2D eigenvalue weighted by molar-refractivity contribution is 0.0746. The number of amides is 1. The third-order valence-corrected chi connectivity index (χ3v) is 5.44. The Hall–Kier alpha value is -2.74. The van der Waals surface area contributed by atoms with Gasteiger partial charge in [0.25, 0.3) is 5.91 Å². The van der Waals surface area contributed by atoms with E-state index >= 15 is 0 Å². The second-order valence-electron chi connectivity index (χ2n) is 6.30. The van der Waals surface area contributed by atoms with Gasteiger partial charge in [0.05, 0.1) is 17.9 Å². The number of nitrogens with zero attached hydrogens (tertiary/aromatic N) is 4. The summed E-state index contributed by atoms with van der Waals surface area (Å²) in [7, 11) is 3.62. The van der Waals surface area contributed by atoms with Gasteiger partial charge in [-0.05, 0) is 38.1 Å². The van der Waals surface area contributed by atoms with Gasteiger partial charge in [-0.2, -0.15) is 5.10 Å². The lowest BCUT2D eigenvalue weighted by Crippen LogP contribution is -2.29. The van der Waals surface area contributed by atoms with Crippen molar-refractivity contribution in [3.05, 3.63) is 63.6 Å². The molecule has 0 N–H and O–H groups in total. The Morgan fingerprint density at radius 2 is 2.07 bits per heavy atom. The minimum absolute atomic E-state index is 0.0885. The highest BCUT2D eigenvalue weighted by molar-refractivity contribution is 7.13. The fourth-order valence-corrected chi connectivity index (χ4v) is 3.56. The molecule has 0 radical (unpaired) electrons. The molecule has 0 fully saturated rings. The number of aromatic nitrogens is 3. The number of carbonyl (C=O) groups is 1. The molecular formula is C19H21FN4O2S. The van der Waals surface area contributed by atoms with Crippen LogP contribution in [0.15, 0.2) is 36.7 Å². The van der Waals surface area contributed by atoms with Crippen LogP contribution in [0.5, 0.6) is 5.75 Å². The van der Waals surface area contributed by atoms with Crippen molar-refractivity contribution in [1.82, 2.24) is 19.7 Å². The van der Waals surface area contributed by atoms with E-state index in [1.807, 2.05) is 27.1 Å². The summed E-state index contributed by atoms with van der Waals surface area (Å²) in [6, 6.07) is 5.70. The number of carbonyl (C=O) groups excluding carboxylic acids is 1. The third kappa shape index (κ3) is 4.33. The SMILES string of the molecule is Cc1nc(COc2ccc(F)cc2)sc1C(=O)N(C)C(C)c1cnn(C)c1. The van der Waals surface area contributed by atoms with E-state index in [1.54, 1.807) is 35.0 Å². The zero-order valence-electron chi connectivity index (χ0n) is 15.6. The Morgan fingerprint density at radius 3 is 2.70 bits per heavy atom. The zero-order chi connectivity index (χ0) is 19.6. The van der Waals surface area contributed by atoms with Crippen LogP contribution in [-0.4, -0.2) is 32.6 Å². The smallest absolute Gasteiger partial charge is 0.266 e. The molecule has 6 nitrogen and oxygen atoms in total. The van der Waals surface area contributed by atoms with Crippen LogP contribution in [0.1, 0.15) is 38.9 Å². The van der Waals surface area contributed by atoms with Crippen LogP contribution >= 0.6 is 11.3 Å². The average molecular weight is 388 g/mol. The van der Waals surface area contributed by atoms with Crippen molar-refractivity contribution in [2.75, 3.05) is 7.05 Å². The van der Waals surface area contributed by atoms with Crippen molar-refractivity contribution in [1.29, 1.82) is 0 Å². The lowest BCUT2D eigenvalue weighted by Gasteiger charge is -2.23. The van der Waals surface area contributed by atoms with Crippen LogP contribution in [0.25, 0.3) is 0 Å². The molecule has 1 atom stereocenters. The third-order valence-electron chi connectivity index (χ3n) is 4.32. The summed E-state index contributed by atoms with van der Waals surface area (Å²) in [6.07, 6.45) is 3.66. The molecule has 2 aromatic heterocycles. The molecule has 3 rings (SSSR count). The molecule has 1 aromatic carbocycles. The molecule has 0 saturated carbocycles. The van der Waals surface area contributed by atoms with Gasteiger partial charge >= 0.3 is 0 Å². The van der Waals surface area contributed by atoms with Crippen molar-refractivity contribution in [2.24, 2.45) is 7.05 Å². The molecule has 1 unspecified atom stereocenters. The minimum atomic E-state index is -0.314. The Morgan fingerprint density at radius 1 is 1.37 bits per heavy atom. The molecule has 0 aliphatic rings. The molecule has 142 valence electrons. The van der Waals surface area contributed by atoms with Gasteiger partial charge in [-0.3, -0.25) is 9.48 Å². The van der Waals surface area contributed by atoms with E-state index < -0.39 is 0 Å². The largest absolute Gasteiger partial charge is 0.486 e. The van der Waals surface area contributed by atoms with Gasteiger partial charge in [0.2, 0.25) is 0 Å². The monoisotopic (exact) mass is 388 g/mol. The Kier molecular flexibility index (Phi) is 5.55. The Balaban J connectivity index is 1.69. The Bertz CT molecular complexity index is 936. The lowest BCUT2D eigenvalue weighted by atomic mass is 10.1. The topological polar surface area (TPSA) is 60.2 Å². The fraction of sp³-hybridized carbons (Fsp3) is 0.316. The standard InChI is InChI=1S/C19H21FN4O2S/c1-12-18(19(25)24(4)13(2)14-9-21-23(3)10-14)27-17(22-12)11-26-16-7-5-15(20)6-8-16/h5-10,13H,11H2,1-4H3. The maximum atomic E-state index is 12.9. The van der Waals surface area contributed by atoms with E-state index in [0.29, 0.717) is 21.3 Å². The quantitative estimate of drug-likeness (QED) is 0.645. The van der Waals surface area contributed by atoms with Crippen molar-refractivity contribution in [3.8, 4) is 5.75 Å². The first-order valence-electron chi connectivity index (χ1n) is 8.45. The van der Waals surface area contributed by atoms with Gasteiger partial charge in [-0.25, -0.2) is 9.37 Å². The van der Waals surface area contributed by atoms with Crippen LogP contribution in [0.3, 0.4) is 0 Å². The zero-order valence-corrected chi connectivity index (χ0v) is 16.5. The summed E-state index contributed by atoms with van der Waals surface area (Å²) in [4.78, 5) is 19.6. The fourth-order valence-electron chi connectivity index (χ4n) is 2.60. The number of hydrogen-bond donors (Lipinski definition) is 0. The number of thiazole rings is 1. The van der Waals surface area contributed by atoms with Crippen LogP contribution in [-0.2, 0) is 13.7 Å². The maximum absolute atomic E-state index is 12.9. The highest BCUT2D eigenvalue weighted by atomic mass is 32.1. The number of halogens is 1. The average Bonchev–Trinajstić information content (AvgIpc) is 3.25. The van der Waals surface area contributed by atoms with Crippen molar-refractivity contribution < 1.29 is 13.9 Å². The molecule has 0 spiro atoms. The van der Waals surface area contributed by atoms with Gasteiger partial charge in [-0.1, -0.05) is 0 Å². The number of rotatable bonds is 6. The molecule has 0 bridgehead atoms. The second kappa shape index (κ2) is 7.87. The van der Waals surface area contributed by atoms with Gasteiger partial charge in [-0.15, -0.1) is 11.3 Å². The van der Waals surface area contributed by atoms with Crippen molar-refractivity contribution >= 4 is 17.2 Å². The van der Waals surface area contributed by atoms with E-state index in [4.69, 9.17) is 4.74 Å². The summed E-state index contributed by atoms with van der Waals surface area (Å²) in [5.41, 5.74) is 1.64. The normalized spacial score (nSPS) is 12.0. The molecular weight excluding hydrogens is 367 g/mol. The first-order valence-corrected chi connectivity index (χ1v) is 9.27. The number of aryl methyl sites for hydroxylation is 2. The van der Waals surface area contributed by atoms with Crippen LogP contribution in [0, 0.1) is 12.7 Å². The van der Waals surface area contributed by atoms with Crippen molar-refractivity contribution in [2.45, 2.75) is 26.5 Å². The van der Waals surface area contributed by atoms with E-state index in [9.17, 15) is 9.18 Å². The van der Waals surface area contributed by atoms with Crippen LogP contribution < -0.4 is 4.74 Å². The first-order chi connectivity index (χ1) is 12.8. The minimum Gasteiger partial charge on any atom is -0.486 e. The van der Waals surface area contributed by atoms with Gasteiger partial charge in [0, 0.05) is 25.9 Å². The first kappa shape index (κ1) is 19.0. The molecule has 0 saturated heterocycles. The molecule has 0 aliphatic carbocycles. The predicted octanol–water partition coefficient (Wildman–Crippen LogP) is 3.74. The number of hydrogen-bond acceptors (Lipinski definition) is 5. The maximum Gasteiger partial charge on any atom is 0.266 e. The molecule has 27 heavy (non-hydrogen) atoms. The van der Waals surface area contributed by atoms with Crippen LogP contribution in [0.2, 0.25) is 0 Å². The molecule has 2 heterocycles. The summed E-state index contributed by atoms with van der Waals surface area (Å²) >= 11 is 1.31. The molecule has 0 aliphatic heterocycles. The van der Waals surface area contributed by atoms with Crippen LogP contribution in [0.4, 0.5) is 4.39 Å². The summed E-state index contributed by atoms with van der Waals surface area (Å²) in [5, 5.41) is 4.86. The summed E-state index contributed by atoms with van der Waals surface area (Å²) in [6.45, 7) is 4.00. The number of benzene rings is 1. The van der Waals surface area contributed by atoms with Gasteiger partial charge in [0.1, 0.15) is 28.1 Å². The highest BCUT2D eigenvalue weighted by Crippen LogP contribution is 2.25. The van der Waals surface area contributed by atoms with E-state index in [2.05, 4.69) is 10.1 Å². The molecule has 1 amide bonds. The molecule has 8 heteroatoms. The second-order valence-corrected chi connectivity index (χ2v) is 7.39. The van der Waals surface area contributed by atoms with E-state index in [0.717, 1.165) is 5.56 Å². The van der Waals surface area contributed by atoms with Crippen molar-refractivity contribution in [3.63, 3.8) is 0 Å². The van der Waals surface area contributed by atoms with E-state index in [1.165, 1.54) is 23.5 Å². The summed E-state index contributed by atoms with van der Waals surface area (Å²) in [5.74, 6) is 0.153. The highest BCUT2D eigenvalue weighted by Gasteiger charge is 2.24. The van der Waals surface area contributed by atoms with Gasteiger partial charge < -0.3 is 9.64 Å². The molecule has 3 aromatic rings. The van der Waals surface area contributed by atoms with Gasteiger partial charge in [0.15, 0.2) is 0 Å². The Labute approximate surface area is 161 Å². The predicted molar refractivity (Wildman–Crippen MR) is 101 cm³/mol.